The number of amides is 1. The summed E-state index contributed by atoms with van der Waals surface area (Å²) in [7, 11) is 0. The summed E-state index contributed by atoms with van der Waals surface area (Å²) in [5.41, 5.74) is 1.46. The van der Waals surface area contributed by atoms with E-state index in [-0.39, 0.29) is 35.4 Å². The summed E-state index contributed by atoms with van der Waals surface area (Å²) in [5, 5.41) is 0.515. The van der Waals surface area contributed by atoms with Gasteiger partial charge in [0.05, 0.1) is 17.2 Å². The minimum absolute atomic E-state index is 0.0162. The van der Waals surface area contributed by atoms with Crippen LogP contribution in [0.4, 0.5) is 0 Å². The summed E-state index contributed by atoms with van der Waals surface area (Å²) in [6.07, 6.45) is 2.44. The molecule has 2 aromatic heterocycles. The van der Waals surface area contributed by atoms with Gasteiger partial charge in [-0.3, -0.25) is 19.0 Å². The lowest BCUT2D eigenvalue weighted by Crippen LogP contribution is -2.50. The predicted molar refractivity (Wildman–Crippen MR) is 104 cm³/mol. The zero-order valence-corrected chi connectivity index (χ0v) is 15.3. The molecular weight excluding hydrogens is 356 g/mol. The molecule has 4 heterocycles. The number of fused-ring (bicyclic) bond motifs is 5. The number of benzene rings is 1. The number of nitrogens with zero attached hydrogens (tertiary/aromatic N) is 4. The molecule has 2 aliphatic heterocycles. The molecule has 0 saturated carbocycles. The van der Waals surface area contributed by atoms with Gasteiger partial charge in [-0.1, -0.05) is 18.2 Å². The Morgan fingerprint density at radius 1 is 1.04 bits per heavy atom. The maximum Gasteiger partial charge on any atom is 0.261 e. The van der Waals surface area contributed by atoms with Gasteiger partial charge < -0.3 is 9.47 Å². The van der Waals surface area contributed by atoms with Gasteiger partial charge in [-0.15, -0.1) is 0 Å². The molecule has 1 aromatic carbocycles. The van der Waals surface area contributed by atoms with E-state index in [0.29, 0.717) is 30.5 Å². The standard InChI is InChI=1S/C21H20N4O3/c26-19-7-3-6-18-15-8-14(10-25(18)19)9-23(11-15)20(27)12-24-13-22-17-5-2-1-4-16(17)21(24)28/h1-7,13-15H,8-12H2. The predicted octanol–water partition coefficient (Wildman–Crippen LogP) is 1.20. The number of carbonyl (C=O) groups excluding carboxylic acids is 1. The lowest BCUT2D eigenvalue weighted by Gasteiger charge is -2.42. The monoisotopic (exact) mass is 376 g/mol. The van der Waals surface area contributed by atoms with Gasteiger partial charge in [0.25, 0.3) is 11.1 Å². The second-order valence-electron chi connectivity index (χ2n) is 7.69. The third-order valence-corrected chi connectivity index (χ3v) is 5.87. The molecule has 3 aromatic rings. The van der Waals surface area contributed by atoms with Gasteiger partial charge >= 0.3 is 0 Å². The second kappa shape index (κ2) is 6.44. The van der Waals surface area contributed by atoms with Crippen LogP contribution in [0.1, 0.15) is 18.0 Å². The third-order valence-electron chi connectivity index (χ3n) is 5.87. The van der Waals surface area contributed by atoms with Crippen molar-refractivity contribution in [1.82, 2.24) is 19.0 Å². The SMILES string of the molecule is O=C(Cn1cnc2ccccc2c1=O)N1CC2CC(C1)c1cccc(=O)n1C2. The van der Waals surface area contributed by atoms with E-state index in [2.05, 4.69) is 4.98 Å². The van der Waals surface area contributed by atoms with Gasteiger partial charge in [-0.25, -0.2) is 4.98 Å². The number of carbonyl (C=O) groups is 1. The molecule has 7 nitrogen and oxygen atoms in total. The number of rotatable bonds is 2. The van der Waals surface area contributed by atoms with Crippen molar-refractivity contribution in [2.75, 3.05) is 13.1 Å². The van der Waals surface area contributed by atoms with Crippen LogP contribution in [0.25, 0.3) is 10.9 Å². The highest BCUT2D eigenvalue weighted by Gasteiger charge is 2.36. The molecule has 2 aliphatic rings. The highest BCUT2D eigenvalue weighted by atomic mass is 16.2. The first-order chi connectivity index (χ1) is 13.6. The molecule has 0 N–H and O–H groups in total. The Labute approximate surface area is 160 Å². The zero-order chi connectivity index (χ0) is 19.3. The molecule has 5 rings (SSSR count). The van der Waals surface area contributed by atoms with Crippen molar-refractivity contribution in [3.63, 3.8) is 0 Å². The second-order valence-corrected chi connectivity index (χ2v) is 7.69. The van der Waals surface area contributed by atoms with Gasteiger partial charge in [0.15, 0.2) is 0 Å². The first-order valence-electron chi connectivity index (χ1n) is 9.52. The van der Waals surface area contributed by atoms with Crippen molar-refractivity contribution < 1.29 is 4.79 Å². The summed E-state index contributed by atoms with van der Waals surface area (Å²) < 4.78 is 3.23. The molecule has 1 amide bonds. The Bertz CT molecular complexity index is 1200. The van der Waals surface area contributed by atoms with Crippen LogP contribution in [0.3, 0.4) is 0 Å². The molecule has 0 aliphatic carbocycles. The molecular formula is C21H20N4O3. The average Bonchev–Trinajstić information content (AvgIpc) is 2.71. The number of hydrogen-bond donors (Lipinski definition) is 0. The lowest BCUT2D eigenvalue weighted by atomic mass is 9.83. The molecule has 2 atom stereocenters. The number of aromatic nitrogens is 3. The number of likely N-dealkylation sites (tertiary alicyclic amines) is 1. The van der Waals surface area contributed by atoms with Gasteiger partial charge in [0.2, 0.25) is 5.91 Å². The summed E-state index contributed by atoms with van der Waals surface area (Å²) >= 11 is 0. The van der Waals surface area contributed by atoms with E-state index >= 15 is 0 Å². The maximum absolute atomic E-state index is 12.9. The fourth-order valence-electron chi connectivity index (χ4n) is 4.56. The van der Waals surface area contributed by atoms with Gasteiger partial charge in [-0.05, 0) is 30.5 Å². The van der Waals surface area contributed by atoms with Crippen molar-refractivity contribution in [2.45, 2.75) is 25.4 Å². The fraction of sp³-hybridized carbons (Fsp3) is 0.333. The molecule has 28 heavy (non-hydrogen) atoms. The molecule has 2 bridgehead atoms. The van der Waals surface area contributed by atoms with Gasteiger partial charge in [-0.2, -0.15) is 0 Å². The van der Waals surface area contributed by atoms with E-state index in [1.165, 1.54) is 10.9 Å². The van der Waals surface area contributed by atoms with Gasteiger partial charge in [0.1, 0.15) is 6.54 Å². The third kappa shape index (κ3) is 2.74. The minimum Gasteiger partial charge on any atom is -0.340 e. The molecule has 0 spiro atoms. The van der Waals surface area contributed by atoms with Crippen LogP contribution in [0, 0.1) is 5.92 Å². The number of piperidine rings is 1. The molecule has 7 heteroatoms. The summed E-state index contributed by atoms with van der Waals surface area (Å²) in [5.74, 6) is 0.346. The van der Waals surface area contributed by atoms with Gasteiger partial charge in [0, 0.05) is 37.3 Å². The highest BCUT2D eigenvalue weighted by molar-refractivity contribution is 5.79. The topological polar surface area (TPSA) is 77.2 Å². The quantitative estimate of drug-likeness (QED) is 0.674. The normalized spacial score (nSPS) is 20.8. The molecule has 2 unspecified atom stereocenters. The van der Waals surface area contributed by atoms with Crippen LogP contribution in [-0.4, -0.2) is 38.0 Å². The number of para-hydroxylation sites is 1. The first kappa shape index (κ1) is 16.9. The Balaban J connectivity index is 1.40. The van der Waals surface area contributed by atoms with Crippen LogP contribution >= 0.6 is 0 Å². The van der Waals surface area contributed by atoms with E-state index in [1.807, 2.05) is 21.6 Å². The maximum atomic E-state index is 12.9. The number of hydrogen-bond acceptors (Lipinski definition) is 4. The highest BCUT2D eigenvalue weighted by Crippen LogP contribution is 2.34. The van der Waals surface area contributed by atoms with Crippen LogP contribution in [0.5, 0.6) is 0 Å². The van der Waals surface area contributed by atoms with Crippen molar-refractivity contribution in [3.8, 4) is 0 Å². The number of pyridine rings is 1. The Morgan fingerprint density at radius 3 is 2.79 bits per heavy atom. The zero-order valence-electron chi connectivity index (χ0n) is 15.3. The minimum atomic E-state index is -0.201. The molecule has 1 saturated heterocycles. The average molecular weight is 376 g/mol. The van der Waals surface area contributed by atoms with Crippen LogP contribution in [-0.2, 0) is 17.9 Å². The van der Waals surface area contributed by atoms with E-state index in [9.17, 15) is 14.4 Å². The van der Waals surface area contributed by atoms with E-state index in [1.54, 1.807) is 30.3 Å². The van der Waals surface area contributed by atoms with Crippen molar-refractivity contribution in [1.29, 1.82) is 0 Å². The fourth-order valence-corrected chi connectivity index (χ4v) is 4.56. The smallest absolute Gasteiger partial charge is 0.261 e. The summed E-state index contributed by atoms with van der Waals surface area (Å²) in [4.78, 5) is 43.9. The van der Waals surface area contributed by atoms with Crippen LogP contribution in [0.2, 0.25) is 0 Å². The summed E-state index contributed by atoms with van der Waals surface area (Å²) in [6.45, 7) is 1.82. The largest absolute Gasteiger partial charge is 0.340 e. The summed E-state index contributed by atoms with van der Waals surface area (Å²) in [6, 6.07) is 12.5. The van der Waals surface area contributed by atoms with Crippen molar-refractivity contribution in [2.24, 2.45) is 5.92 Å². The van der Waals surface area contributed by atoms with Crippen molar-refractivity contribution in [3.05, 3.63) is 75.2 Å². The van der Waals surface area contributed by atoms with E-state index in [4.69, 9.17) is 0 Å². The van der Waals surface area contributed by atoms with Crippen LogP contribution < -0.4 is 11.1 Å². The Morgan fingerprint density at radius 2 is 1.89 bits per heavy atom. The lowest BCUT2D eigenvalue weighted by molar-refractivity contribution is -0.134. The Hall–Kier alpha value is -3.22. The molecule has 0 radical (unpaired) electrons. The Kier molecular flexibility index (Phi) is 3.89. The van der Waals surface area contributed by atoms with E-state index < -0.39 is 0 Å². The molecule has 1 fully saturated rings. The van der Waals surface area contributed by atoms with Crippen LogP contribution in [0.15, 0.2) is 58.4 Å². The first-order valence-corrected chi connectivity index (χ1v) is 9.52. The molecule has 142 valence electrons. The van der Waals surface area contributed by atoms with E-state index in [0.717, 1.165) is 12.1 Å². The van der Waals surface area contributed by atoms with Crippen molar-refractivity contribution >= 4 is 16.8 Å².